The van der Waals surface area contributed by atoms with Crippen molar-refractivity contribution in [1.82, 2.24) is 14.8 Å². The zero-order valence-corrected chi connectivity index (χ0v) is 13.2. The summed E-state index contributed by atoms with van der Waals surface area (Å²) < 4.78 is 15.8. The molecular formula is C19H15FN4O. The van der Waals surface area contributed by atoms with Gasteiger partial charge in [0.25, 0.3) is 0 Å². The molecule has 1 unspecified atom stereocenters. The van der Waals surface area contributed by atoms with Gasteiger partial charge in [0.1, 0.15) is 5.82 Å². The highest BCUT2D eigenvalue weighted by molar-refractivity contribution is 5.75. The smallest absolute Gasteiger partial charge is 0.159 e. The number of aliphatic hydroxyl groups excluding tert-OH is 1. The number of pyridine rings is 1. The summed E-state index contributed by atoms with van der Waals surface area (Å²) in [6, 6.07) is 13.7. The molecule has 1 aromatic carbocycles. The van der Waals surface area contributed by atoms with Gasteiger partial charge in [-0.1, -0.05) is 24.3 Å². The minimum absolute atomic E-state index is 0.306. The van der Waals surface area contributed by atoms with Crippen LogP contribution in [-0.2, 0) is 0 Å². The van der Waals surface area contributed by atoms with Crippen LogP contribution in [0.2, 0.25) is 0 Å². The largest absolute Gasteiger partial charge is 0.369 e. The first kappa shape index (κ1) is 15.3. The van der Waals surface area contributed by atoms with Crippen molar-refractivity contribution in [3.63, 3.8) is 0 Å². The Kier molecular flexibility index (Phi) is 3.87. The summed E-state index contributed by atoms with van der Waals surface area (Å²) in [5, 5.41) is 15.1. The Morgan fingerprint density at radius 3 is 2.64 bits per heavy atom. The molecule has 1 N–H and O–H groups in total. The fourth-order valence-electron chi connectivity index (χ4n) is 2.83. The summed E-state index contributed by atoms with van der Waals surface area (Å²) in [6.45, 7) is 0. The van der Waals surface area contributed by atoms with Crippen molar-refractivity contribution < 1.29 is 9.50 Å². The molecule has 4 rings (SSSR count). The lowest BCUT2D eigenvalue weighted by Gasteiger charge is -2.31. The molecular weight excluding hydrogens is 319 g/mol. The summed E-state index contributed by atoms with van der Waals surface area (Å²) in [4.78, 5) is 5.78. The number of aromatic nitrogens is 3. The predicted molar refractivity (Wildman–Crippen MR) is 93.4 cm³/mol. The van der Waals surface area contributed by atoms with E-state index >= 15 is 0 Å². The van der Waals surface area contributed by atoms with Crippen LogP contribution in [0.3, 0.4) is 0 Å². The Morgan fingerprint density at radius 1 is 1.00 bits per heavy atom. The van der Waals surface area contributed by atoms with Crippen molar-refractivity contribution in [2.45, 2.75) is 6.23 Å². The van der Waals surface area contributed by atoms with Crippen LogP contribution < -0.4 is 4.90 Å². The van der Waals surface area contributed by atoms with Gasteiger partial charge in [0.2, 0.25) is 0 Å². The number of rotatable bonds is 3. The lowest BCUT2D eigenvalue weighted by molar-refractivity contribution is 0.234. The molecule has 0 saturated carbocycles. The lowest BCUT2D eigenvalue weighted by atomic mass is 10.1. The predicted octanol–water partition coefficient (Wildman–Crippen LogP) is 3.14. The maximum absolute atomic E-state index is 14.1. The van der Waals surface area contributed by atoms with Crippen LogP contribution in [0, 0.1) is 5.82 Å². The van der Waals surface area contributed by atoms with Gasteiger partial charge < -0.3 is 10.0 Å². The van der Waals surface area contributed by atoms with E-state index in [-0.39, 0.29) is 0 Å². The Balaban J connectivity index is 1.73. The first-order chi connectivity index (χ1) is 12.3. The second-order valence-corrected chi connectivity index (χ2v) is 5.51. The summed E-state index contributed by atoms with van der Waals surface area (Å²) in [7, 11) is 0. The van der Waals surface area contributed by atoms with E-state index in [1.807, 2.05) is 18.2 Å². The van der Waals surface area contributed by atoms with Crippen molar-refractivity contribution in [2.75, 3.05) is 4.90 Å². The summed E-state index contributed by atoms with van der Waals surface area (Å²) in [6.07, 6.45) is 7.49. The van der Waals surface area contributed by atoms with E-state index in [0.717, 1.165) is 0 Å². The van der Waals surface area contributed by atoms with Gasteiger partial charge in [-0.05, 0) is 36.4 Å². The third kappa shape index (κ3) is 2.72. The second-order valence-electron chi connectivity index (χ2n) is 5.51. The van der Waals surface area contributed by atoms with Crippen LogP contribution in [0.1, 0.15) is 5.69 Å². The number of nitrogens with zero attached hydrogens (tertiary/aromatic N) is 4. The van der Waals surface area contributed by atoms with Crippen molar-refractivity contribution in [3.05, 3.63) is 90.8 Å². The Labute approximate surface area is 144 Å². The molecule has 3 heterocycles. The van der Waals surface area contributed by atoms with Gasteiger partial charge in [0.15, 0.2) is 12.0 Å². The molecule has 0 aliphatic carbocycles. The van der Waals surface area contributed by atoms with Gasteiger partial charge in [-0.25, -0.2) is 14.1 Å². The van der Waals surface area contributed by atoms with Crippen LogP contribution in [0.15, 0.2) is 79.3 Å². The van der Waals surface area contributed by atoms with Crippen molar-refractivity contribution >= 4 is 11.3 Å². The van der Waals surface area contributed by atoms with Crippen LogP contribution in [-0.4, -0.2) is 26.1 Å². The molecule has 0 amide bonds. The summed E-state index contributed by atoms with van der Waals surface area (Å²) >= 11 is 0. The topological polar surface area (TPSA) is 54.2 Å². The molecule has 5 nitrogen and oxygen atoms in total. The van der Waals surface area contributed by atoms with E-state index < -0.39 is 12.0 Å². The van der Waals surface area contributed by atoms with E-state index in [4.69, 9.17) is 0 Å². The monoisotopic (exact) mass is 334 g/mol. The molecule has 25 heavy (non-hydrogen) atoms. The number of halogens is 1. The van der Waals surface area contributed by atoms with Gasteiger partial charge >= 0.3 is 0 Å². The minimum Gasteiger partial charge on any atom is -0.369 e. The highest BCUT2D eigenvalue weighted by atomic mass is 19.1. The molecule has 0 fully saturated rings. The third-order valence-corrected chi connectivity index (χ3v) is 4.00. The average molecular weight is 334 g/mol. The lowest BCUT2D eigenvalue weighted by Crippen LogP contribution is -2.34. The second kappa shape index (κ2) is 6.33. The molecule has 1 aliphatic rings. The Morgan fingerprint density at radius 2 is 1.84 bits per heavy atom. The normalized spacial score (nSPS) is 16.8. The first-order valence-corrected chi connectivity index (χ1v) is 7.81. The molecule has 2 aromatic heterocycles. The highest BCUT2D eigenvalue weighted by Gasteiger charge is 2.26. The molecule has 3 aromatic rings. The van der Waals surface area contributed by atoms with Gasteiger partial charge in [-0.2, -0.15) is 5.10 Å². The van der Waals surface area contributed by atoms with Crippen LogP contribution in [0.25, 0.3) is 11.4 Å². The number of allylic oxidation sites excluding steroid dienone is 2. The quantitative estimate of drug-likeness (QED) is 0.799. The summed E-state index contributed by atoms with van der Waals surface area (Å²) in [5.74, 6) is 0.244. The molecule has 6 heteroatoms. The SMILES string of the molecule is OC1C(c2ccnn2-c2ccccn2)=CC=CN1c1ccccc1F. The number of benzene rings is 1. The molecule has 1 aliphatic heterocycles. The minimum atomic E-state index is -1.04. The Bertz CT molecular complexity index is 949. The van der Waals surface area contributed by atoms with Gasteiger partial charge in [-0.3, -0.25) is 0 Å². The standard InChI is InChI=1S/C19H15FN4O/c20-15-7-1-2-8-17(15)23-13-5-6-14(19(23)25)16-10-12-22-24(16)18-9-3-4-11-21-18/h1-13,19,25H. The fourth-order valence-corrected chi connectivity index (χ4v) is 2.83. The molecule has 0 radical (unpaired) electrons. The molecule has 1 atom stereocenters. The van der Waals surface area contributed by atoms with E-state index in [9.17, 15) is 9.50 Å². The maximum atomic E-state index is 14.1. The number of aliphatic hydroxyl groups is 1. The van der Waals surface area contributed by atoms with Crippen molar-refractivity contribution in [2.24, 2.45) is 0 Å². The fraction of sp³-hybridized carbons (Fsp3) is 0.0526. The molecule has 0 bridgehead atoms. The van der Waals surface area contributed by atoms with Crippen LogP contribution in [0.4, 0.5) is 10.1 Å². The zero-order valence-electron chi connectivity index (χ0n) is 13.2. The van der Waals surface area contributed by atoms with E-state index in [1.165, 1.54) is 11.0 Å². The van der Waals surface area contributed by atoms with Crippen LogP contribution >= 0.6 is 0 Å². The molecule has 124 valence electrons. The number of hydrogen-bond donors (Lipinski definition) is 1. The van der Waals surface area contributed by atoms with Gasteiger partial charge in [-0.15, -0.1) is 0 Å². The van der Waals surface area contributed by atoms with Gasteiger partial charge in [0, 0.05) is 18.0 Å². The molecule has 0 spiro atoms. The maximum Gasteiger partial charge on any atom is 0.159 e. The zero-order chi connectivity index (χ0) is 17.2. The third-order valence-electron chi connectivity index (χ3n) is 4.00. The number of hydrogen-bond acceptors (Lipinski definition) is 4. The average Bonchev–Trinajstić information content (AvgIpc) is 3.13. The summed E-state index contributed by atoms with van der Waals surface area (Å²) in [5.41, 5.74) is 1.60. The Hall–Kier alpha value is -3.25. The number of para-hydroxylation sites is 1. The number of anilines is 1. The van der Waals surface area contributed by atoms with E-state index in [2.05, 4.69) is 10.1 Å². The van der Waals surface area contributed by atoms with E-state index in [1.54, 1.807) is 59.7 Å². The van der Waals surface area contributed by atoms with E-state index in [0.29, 0.717) is 22.8 Å². The van der Waals surface area contributed by atoms with Crippen molar-refractivity contribution in [1.29, 1.82) is 0 Å². The van der Waals surface area contributed by atoms with Crippen LogP contribution in [0.5, 0.6) is 0 Å². The highest BCUT2D eigenvalue weighted by Crippen LogP contribution is 2.31. The van der Waals surface area contributed by atoms with Crippen molar-refractivity contribution in [3.8, 4) is 5.82 Å². The van der Waals surface area contributed by atoms with Gasteiger partial charge in [0.05, 0.1) is 17.6 Å². The first-order valence-electron chi connectivity index (χ1n) is 7.81. The molecule has 0 saturated heterocycles.